The fourth-order valence-electron chi connectivity index (χ4n) is 11.7. The van der Waals surface area contributed by atoms with Gasteiger partial charge in [0.25, 0.3) is 0 Å². The molecular weight excluding hydrogens is 1310 g/mol. The van der Waals surface area contributed by atoms with Crippen molar-refractivity contribution >= 4 is 71.0 Å². The number of aryl methyl sites for hydroxylation is 1. The summed E-state index contributed by atoms with van der Waals surface area (Å²) in [6.45, 7) is 3.27. The number of phenolic OH excluding ortho intramolecular Hbond substituents is 1. The van der Waals surface area contributed by atoms with Gasteiger partial charge in [0.2, 0.25) is 53.2 Å². The summed E-state index contributed by atoms with van der Waals surface area (Å²) in [5.74, 6) is -5.04. The van der Waals surface area contributed by atoms with Gasteiger partial charge in [-0.1, -0.05) is 54.1 Å². The van der Waals surface area contributed by atoms with Crippen LogP contribution in [0.2, 0.25) is 0 Å². The smallest absolute Gasteiger partial charge is 0.315 e. The molecule has 2 saturated heterocycles. The van der Waals surface area contributed by atoms with Gasteiger partial charge in [-0.15, -0.1) is 5.10 Å². The molecule has 2 aromatic carbocycles. The van der Waals surface area contributed by atoms with Crippen LogP contribution in [0.3, 0.4) is 0 Å². The highest BCUT2D eigenvalue weighted by Gasteiger charge is 2.43. The number of phenols is 1. The summed E-state index contributed by atoms with van der Waals surface area (Å²) in [6, 6.07) is 5.86. The molecule has 32 nitrogen and oxygen atoms in total. The molecule has 33 heteroatoms. The standard InChI is InChI=1S/C67H100N18O14S/c68-25-8-6-15-50-62(91)76-51(17-10-19-57(70)87)63(92)80-54(38-45-39-71-42-74-45)66(95)75-49(61(90)73-27-12-30-98-32-34-99-33-31-97-29-11-26-72-58(88)20-5-4-18-56-59-55(41-100-56)81-67(96)82-59)16-7-9-28-85-40-46(83-84-85)37-48(69)60(89)78-52(35-43-13-2-1-3-14-43)65(94)79-53(64(93)77-50)36-44-21-23-47(86)24-22-44/h1-3,13-14,21-24,39-40,42,48-56,59,86H,4-12,15-20,25-38,41,68-69H2,(H2,70,87)(H,71,74)(H,72,88)(H,73,90)(H,75,95)(H,76,91)(H,77,93)(H,78,89)(H,79,94)(H,80,92)(H2,81,82,96)/t48-,49-,50-,51-,52-,53-,54-,55+,56?,59+/m0/s1. The number of carbonyl (C=O) groups excluding carboxylic acids is 10. The molecule has 4 aromatic rings. The van der Waals surface area contributed by atoms with Crippen LogP contribution in [0.4, 0.5) is 4.79 Å². The number of nitrogens with zero attached hydrogens (tertiary/aromatic N) is 4. The van der Waals surface area contributed by atoms with Gasteiger partial charge in [0, 0.05) is 94.8 Å². The molecule has 2 aromatic heterocycles. The Balaban J connectivity index is 0.976. The van der Waals surface area contributed by atoms with Crippen LogP contribution in [0.5, 0.6) is 5.75 Å². The van der Waals surface area contributed by atoms with E-state index in [4.69, 9.17) is 31.4 Å². The maximum Gasteiger partial charge on any atom is 0.315 e. The molecule has 11 amide bonds. The third kappa shape index (κ3) is 28.1. The van der Waals surface area contributed by atoms with Gasteiger partial charge in [0.15, 0.2) is 0 Å². The minimum atomic E-state index is -1.43. The van der Waals surface area contributed by atoms with Gasteiger partial charge in [-0.3, -0.25) is 47.8 Å². The van der Waals surface area contributed by atoms with Crippen molar-refractivity contribution in [2.45, 2.75) is 188 Å². The number of urea groups is 1. The molecule has 18 N–H and O–H groups in total. The van der Waals surface area contributed by atoms with Crippen LogP contribution in [-0.2, 0) is 89.6 Å². The van der Waals surface area contributed by atoms with E-state index in [1.165, 1.54) is 24.7 Å². The van der Waals surface area contributed by atoms with E-state index in [0.29, 0.717) is 112 Å². The van der Waals surface area contributed by atoms with Gasteiger partial charge < -0.3 is 94.7 Å². The van der Waals surface area contributed by atoms with Gasteiger partial charge >= 0.3 is 6.03 Å². The summed E-state index contributed by atoms with van der Waals surface area (Å²) < 4.78 is 18.6. The van der Waals surface area contributed by atoms with Crippen molar-refractivity contribution in [3.05, 3.63) is 95.8 Å². The second kappa shape index (κ2) is 43.0. The number of aromatic amines is 1. The Kier molecular flexibility index (Phi) is 33.8. The summed E-state index contributed by atoms with van der Waals surface area (Å²) in [5.41, 5.74) is 19.8. The first-order valence-electron chi connectivity index (χ1n) is 34.6. The zero-order chi connectivity index (χ0) is 71.4. The lowest BCUT2D eigenvalue weighted by Gasteiger charge is -2.28. The molecule has 548 valence electrons. The minimum absolute atomic E-state index is 0.00854. The van der Waals surface area contributed by atoms with Crippen LogP contribution in [0, 0.1) is 0 Å². The fraction of sp³-hybridized carbons (Fsp3) is 0.597. The quantitative estimate of drug-likeness (QED) is 0.0196. The van der Waals surface area contributed by atoms with Crippen LogP contribution in [0.25, 0.3) is 0 Å². The second-order valence-corrected chi connectivity index (χ2v) is 26.4. The number of ether oxygens (including phenoxy) is 3. The third-order valence-corrected chi connectivity index (χ3v) is 18.7. The van der Waals surface area contributed by atoms with Crippen LogP contribution in [-0.4, -0.2) is 214 Å². The molecular formula is C67H100N18O14S. The highest BCUT2D eigenvalue weighted by atomic mass is 32.2. The average Bonchev–Trinajstić information content (AvgIpc) is 1.64. The Morgan fingerprint density at radius 2 is 1.21 bits per heavy atom. The number of rotatable bonds is 34. The number of unbranched alkanes of at least 4 members (excludes halogenated alkanes) is 2. The minimum Gasteiger partial charge on any atom is -0.508 e. The van der Waals surface area contributed by atoms with Crippen molar-refractivity contribution in [2.75, 3.05) is 65.0 Å². The van der Waals surface area contributed by atoms with Crippen LogP contribution in [0.1, 0.15) is 119 Å². The molecule has 3 aliphatic rings. The molecule has 0 radical (unpaired) electrons. The highest BCUT2D eigenvalue weighted by molar-refractivity contribution is 8.00. The van der Waals surface area contributed by atoms with Crippen molar-refractivity contribution in [3.63, 3.8) is 0 Å². The monoisotopic (exact) mass is 1410 g/mol. The van der Waals surface area contributed by atoms with Gasteiger partial charge in [-0.25, -0.2) is 9.78 Å². The van der Waals surface area contributed by atoms with E-state index in [2.05, 4.69) is 73.4 Å². The molecule has 2 bridgehead atoms. The summed E-state index contributed by atoms with van der Waals surface area (Å²) in [6.07, 6.45) is 9.73. The van der Waals surface area contributed by atoms with Gasteiger partial charge in [-0.2, -0.15) is 11.8 Å². The Morgan fingerprint density at radius 3 is 1.86 bits per heavy atom. The molecule has 2 fully saturated rings. The maximum absolute atomic E-state index is 14.7. The Hall–Kier alpha value is -8.76. The van der Waals surface area contributed by atoms with E-state index in [1.54, 1.807) is 53.3 Å². The van der Waals surface area contributed by atoms with E-state index in [9.17, 15) is 53.1 Å². The van der Waals surface area contributed by atoms with Gasteiger partial charge in [-0.05, 0) is 107 Å². The van der Waals surface area contributed by atoms with Gasteiger partial charge in [0.05, 0.1) is 62.3 Å². The number of imidazole rings is 1. The van der Waals surface area contributed by atoms with E-state index in [0.717, 1.165) is 25.0 Å². The van der Waals surface area contributed by atoms with Crippen molar-refractivity contribution < 1.29 is 67.3 Å². The fourth-order valence-corrected chi connectivity index (χ4v) is 13.2. The Bertz CT molecular complexity index is 3220. The number of aromatic hydroxyl groups is 1. The van der Waals surface area contributed by atoms with Crippen LogP contribution < -0.4 is 70.4 Å². The zero-order valence-corrected chi connectivity index (χ0v) is 57.4. The number of hydrogen-bond acceptors (Lipinski definition) is 20. The summed E-state index contributed by atoms with van der Waals surface area (Å²) in [4.78, 5) is 145. The topological polar surface area (TPSA) is 476 Å². The first kappa shape index (κ1) is 78.6. The summed E-state index contributed by atoms with van der Waals surface area (Å²) in [5, 5.41) is 47.4. The molecule has 0 spiro atoms. The SMILES string of the molecule is NCCCC[C@@H]1NC(=O)[C@H](Cc2ccc(O)cc2)NC(=O)[C@H](Cc2ccccc2)NC(=O)[C@@H](N)Cc2cn(nn2)CCCC[C@@H](C(=O)NCCCOCCOCCOCCCNC(=O)CCCCC2SC[C@H]3NC(=O)N[C@@H]23)NC(=O)[C@H](Cc2c[nH]cn2)NC(=O)[C@H](CCCC(N)=O)NC1=O. The predicted octanol–water partition coefficient (Wildman–Crippen LogP) is -1.03. The normalized spacial score (nSPS) is 22.9. The number of H-pyrrole nitrogens is 1. The molecule has 0 saturated carbocycles. The highest BCUT2D eigenvalue weighted by Crippen LogP contribution is 2.33. The maximum atomic E-state index is 14.7. The van der Waals surface area contributed by atoms with E-state index in [-0.39, 0.29) is 114 Å². The molecule has 0 aliphatic carbocycles. The molecule has 10 atom stereocenters. The lowest BCUT2D eigenvalue weighted by molar-refractivity contribution is -0.135. The Labute approximate surface area is 585 Å². The Morgan fingerprint density at radius 1 is 0.620 bits per heavy atom. The second-order valence-electron chi connectivity index (χ2n) is 25.2. The molecule has 7 rings (SSSR count). The lowest BCUT2D eigenvalue weighted by Crippen LogP contribution is -2.60. The van der Waals surface area contributed by atoms with E-state index in [1.807, 2.05) is 11.8 Å². The van der Waals surface area contributed by atoms with Crippen LogP contribution >= 0.6 is 11.8 Å². The molecule has 1 unspecified atom stereocenters. The van der Waals surface area contributed by atoms with Gasteiger partial charge in [0.1, 0.15) is 42.0 Å². The van der Waals surface area contributed by atoms with Crippen molar-refractivity contribution in [2.24, 2.45) is 17.2 Å². The number of thioether (sulfide) groups is 1. The molecule has 5 heterocycles. The molecule has 3 aliphatic heterocycles. The summed E-state index contributed by atoms with van der Waals surface area (Å²) >= 11 is 1.87. The van der Waals surface area contributed by atoms with Crippen molar-refractivity contribution in [3.8, 4) is 5.75 Å². The number of amides is 11. The number of nitrogens with two attached hydrogens (primary N) is 3. The average molecular weight is 1410 g/mol. The number of primary amides is 1. The third-order valence-electron chi connectivity index (χ3n) is 17.1. The summed E-state index contributed by atoms with van der Waals surface area (Å²) in [7, 11) is 0. The number of fused-ring (bicyclic) bond motifs is 3. The number of nitrogens with one attached hydrogen (secondary N) is 11. The number of hydrogen-bond donors (Lipinski definition) is 15. The first-order valence-corrected chi connectivity index (χ1v) is 35.7. The lowest BCUT2D eigenvalue weighted by atomic mass is 10.0. The number of benzene rings is 2. The van der Waals surface area contributed by atoms with E-state index < -0.39 is 89.6 Å². The number of carbonyl (C=O) groups is 10. The predicted molar refractivity (Wildman–Crippen MR) is 369 cm³/mol. The first-order chi connectivity index (χ1) is 48.4. The molecule has 100 heavy (non-hydrogen) atoms. The number of aromatic nitrogens is 5. The van der Waals surface area contributed by atoms with Crippen molar-refractivity contribution in [1.29, 1.82) is 0 Å². The van der Waals surface area contributed by atoms with E-state index >= 15 is 0 Å². The largest absolute Gasteiger partial charge is 0.508 e. The van der Waals surface area contributed by atoms with Crippen LogP contribution in [0.15, 0.2) is 73.3 Å². The zero-order valence-electron chi connectivity index (χ0n) is 56.6. The van der Waals surface area contributed by atoms with Crippen molar-refractivity contribution in [1.82, 2.24) is 78.1 Å².